The first-order valence-electron chi connectivity index (χ1n) is 11.0. The van der Waals surface area contributed by atoms with Gasteiger partial charge in [0.05, 0.1) is 17.4 Å². The highest BCUT2D eigenvalue weighted by molar-refractivity contribution is 8.00. The minimum Gasteiger partial charge on any atom is -0.345 e. The van der Waals surface area contributed by atoms with E-state index in [0.717, 1.165) is 21.5 Å². The van der Waals surface area contributed by atoms with Crippen LogP contribution < -0.4 is 0 Å². The van der Waals surface area contributed by atoms with Gasteiger partial charge in [-0.3, -0.25) is 9.59 Å². The van der Waals surface area contributed by atoms with Gasteiger partial charge in [0.15, 0.2) is 0 Å². The Morgan fingerprint density at radius 2 is 1.52 bits per heavy atom. The van der Waals surface area contributed by atoms with Gasteiger partial charge in [0.2, 0.25) is 5.91 Å². The van der Waals surface area contributed by atoms with Crippen LogP contribution in [0, 0.1) is 0 Å². The van der Waals surface area contributed by atoms with E-state index in [0.29, 0.717) is 31.7 Å². The fourth-order valence-electron chi connectivity index (χ4n) is 4.07. The number of carbonyl (C=O) groups is 2. The average Bonchev–Trinajstić information content (AvgIpc) is 3.36. The van der Waals surface area contributed by atoms with Crippen LogP contribution in [-0.2, 0) is 4.79 Å². The van der Waals surface area contributed by atoms with Crippen LogP contribution in [0.15, 0.2) is 90.1 Å². The largest absolute Gasteiger partial charge is 0.345 e. The first-order valence-corrected chi connectivity index (χ1v) is 11.8. The van der Waals surface area contributed by atoms with Gasteiger partial charge in [-0.1, -0.05) is 48.5 Å². The van der Waals surface area contributed by atoms with Crippen LogP contribution in [0.2, 0.25) is 0 Å². The lowest BCUT2D eigenvalue weighted by Crippen LogP contribution is -2.51. The van der Waals surface area contributed by atoms with Crippen molar-refractivity contribution in [3.05, 3.63) is 96.3 Å². The maximum atomic E-state index is 13.6. The average molecular weight is 457 g/mol. The van der Waals surface area contributed by atoms with Gasteiger partial charge in [0, 0.05) is 36.6 Å². The van der Waals surface area contributed by atoms with Crippen molar-refractivity contribution in [2.75, 3.05) is 26.2 Å². The molecule has 1 atom stereocenters. The Labute approximate surface area is 196 Å². The number of piperazine rings is 1. The zero-order valence-corrected chi connectivity index (χ0v) is 18.9. The molecule has 166 valence electrons. The number of nitrogens with one attached hydrogen (secondary N) is 1. The molecule has 1 N–H and O–H groups in total. The number of aromatic amines is 1. The summed E-state index contributed by atoms with van der Waals surface area (Å²) < 4.78 is 0. The minimum absolute atomic E-state index is 0.0168. The third kappa shape index (κ3) is 4.64. The number of fused-ring (bicyclic) bond motifs is 1. The van der Waals surface area contributed by atoms with E-state index in [-0.39, 0.29) is 17.1 Å². The van der Waals surface area contributed by atoms with Gasteiger partial charge in [0.25, 0.3) is 5.91 Å². The molecule has 0 aliphatic carbocycles. The highest BCUT2D eigenvalue weighted by Gasteiger charge is 2.31. The number of imidazole rings is 1. The molecule has 5 rings (SSSR count). The van der Waals surface area contributed by atoms with Crippen LogP contribution in [-0.4, -0.2) is 57.8 Å². The van der Waals surface area contributed by atoms with Gasteiger partial charge >= 0.3 is 0 Å². The standard InChI is InChI=1S/C26H24N4O2S/c31-25(20-11-12-22-23(17-20)28-18-27-22)29-13-15-30(16-14-29)26(32)24(19-7-3-1-4-8-19)33-21-9-5-2-6-10-21/h1-12,17-18,24H,13-16H2,(H,27,28). The lowest BCUT2D eigenvalue weighted by atomic mass is 10.1. The van der Waals surface area contributed by atoms with Crippen LogP contribution in [0.25, 0.3) is 11.0 Å². The minimum atomic E-state index is -0.321. The summed E-state index contributed by atoms with van der Waals surface area (Å²) in [4.78, 5) is 38.6. The molecule has 2 heterocycles. The number of aromatic nitrogens is 2. The summed E-state index contributed by atoms with van der Waals surface area (Å²) in [5.74, 6) is 0.0675. The molecule has 0 spiro atoms. The van der Waals surface area contributed by atoms with Crippen molar-refractivity contribution in [3.63, 3.8) is 0 Å². The van der Waals surface area contributed by atoms with Crippen LogP contribution in [0.3, 0.4) is 0 Å². The molecule has 0 radical (unpaired) electrons. The maximum Gasteiger partial charge on any atom is 0.254 e. The Balaban J connectivity index is 1.28. The van der Waals surface area contributed by atoms with Gasteiger partial charge in [-0.25, -0.2) is 4.98 Å². The quantitative estimate of drug-likeness (QED) is 0.453. The Morgan fingerprint density at radius 3 is 2.24 bits per heavy atom. The van der Waals surface area contributed by atoms with E-state index in [4.69, 9.17) is 0 Å². The van der Waals surface area contributed by atoms with Crippen LogP contribution in [0.5, 0.6) is 0 Å². The molecular weight excluding hydrogens is 432 g/mol. The van der Waals surface area contributed by atoms with E-state index in [1.807, 2.05) is 88.7 Å². The van der Waals surface area contributed by atoms with Crippen molar-refractivity contribution in [1.29, 1.82) is 0 Å². The number of benzene rings is 3. The number of rotatable bonds is 5. The lowest BCUT2D eigenvalue weighted by molar-refractivity contribution is -0.132. The molecule has 7 heteroatoms. The molecule has 1 aliphatic heterocycles. The zero-order chi connectivity index (χ0) is 22.6. The molecule has 1 aliphatic rings. The van der Waals surface area contributed by atoms with Gasteiger partial charge < -0.3 is 14.8 Å². The molecule has 1 saturated heterocycles. The maximum absolute atomic E-state index is 13.6. The van der Waals surface area contributed by atoms with Crippen molar-refractivity contribution in [2.24, 2.45) is 0 Å². The summed E-state index contributed by atoms with van der Waals surface area (Å²) in [6.45, 7) is 2.08. The molecule has 33 heavy (non-hydrogen) atoms. The van der Waals surface area contributed by atoms with Gasteiger partial charge in [0.1, 0.15) is 5.25 Å². The first-order chi connectivity index (χ1) is 16.2. The second-order valence-corrected chi connectivity index (χ2v) is 9.15. The molecule has 1 fully saturated rings. The van der Waals surface area contributed by atoms with Gasteiger partial charge in [-0.05, 0) is 35.9 Å². The molecule has 6 nitrogen and oxygen atoms in total. The molecule has 3 aromatic carbocycles. The summed E-state index contributed by atoms with van der Waals surface area (Å²) in [5, 5.41) is -0.321. The highest BCUT2D eigenvalue weighted by atomic mass is 32.2. The number of hydrogen-bond donors (Lipinski definition) is 1. The van der Waals surface area contributed by atoms with E-state index in [2.05, 4.69) is 9.97 Å². The summed E-state index contributed by atoms with van der Waals surface area (Å²) in [6.07, 6.45) is 1.62. The Hall–Kier alpha value is -3.58. The molecule has 1 unspecified atom stereocenters. The summed E-state index contributed by atoms with van der Waals surface area (Å²) in [6, 6.07) is 25.4. The van der Waals surface area contributed by atoms with Crippen LogP contribution in [0.1, 0.15) is 21.2 Å². The van der Waals surface area contributed by atoms with Crippen molar-refractivity contribution >= 4 is 34.6 Å². The second-order valence-electron chi connectivity index (χ2n) is 7.97. The van der Waals surface area contributed by atoms with Crippen molar-refractivity contribution in [2.45, 2.75) is 10.1 Å². The topological polar surface area (TPSA) is 69.3 Å². The number of H-pyrrole nitrogens is 1. The lowest BCUT2D eigenvalue weighted by Gasteiger charge is -2.36. The van der Waals surface area contributed by atoms with E-state index in [9.17, 15) is 9.59 Å². The second kappa shape index (κ2) is 9.50. The van der Waals surface area contributed by atoms with E-state index < -0.39 is 0 Å². The molecule has 1 aromatic heterocycles. The van der Waals surface area contributed by atoms with Crippen molar-refractivity contribution in [1.82, 2.24) is 19.8 Å². The summed E-state index contributed by atoms with van der Waals surface area (Å²) >= 11 is 1.57. The Bertz CT molecular complexity index is 1250. The number of thioether (sulfide) groups is 1. The summed E-state index contributed by atoms with van der Waals surface area (Å²) in [5.41, 5.74) is 3.30. The molecule has 2 amide bonds. The normalized spacial score (nSPS) is 14.9. The number of amides is 2. The number of nitrogens with zero attached hydrogens (tertiary/aromatic N) is 3. The van der Waals surface area contributed by atoms with Crippen molar-refractivity contribution in [3.8, 4) is 0 Å². The van der Waals surface area contributed by atoms with E-state index in [1.165, 1.54) is 0 Å². The van der Waals surface area contributed by atoms with Crippen LogP contribution in [0.4, 0.5) is 0 Å². The molecule has 0 saturated carbocycles. The third-order valence-electron chi connectivity index (χ3n) is 5.87. The SMILES string of the molecule is O=C(c1ccc2nc[nH]c2c1)N1CCN(C(=O)C(Sc2ccccc2)c2ccccc2)CC1. The molecular formula is C26H24N4O2S. The van der Waals surface area contributed by atoms with E-state index >= 15 is 0 Å². The smallest absolute Gasteiger partial charge is 0.254 e. The summed E-state index contributed by atoms with van der Waals surface area (Å²) in [7, 11) is 0. The predicted molar refractivity (Wildman–Crippen MR) is 130 cm³/mol. The zero-order valence-electron chi connectivity index (χ0n) is 18.1. The third-order valence-corrected chi connectivity index (χ3v) is 7.12. The predicted octanol–water partition coefficient (Wildman–Crippen LogP) is 4.38. The van der Waals surface area contributed by atoms with Gasteiger partial charge in [-0.2, -0.15) is 0 Å². The first kappa shape index (κ1) is 21.3. The molecule has 0 bridgehead atoms. The fourth-order valence-corrected chi connectivity index (χ4v) is 5.20. The van der Waals surface area contributed by atoms with Crippen molar-refractivity contribution < 1.29 is 9.59 Å². The number of hydrogen-bond acceptors (Lipinski definition) is 4. The van der Waals surface area contributed by atoms with E-state index in [1.54, 1.807) is 18.1 Å². The van der Waals surface area contributed by atoms with Gasteiger partial charge in [-0.15, -0.1) is 11.8 Å². The molecule has 4 aromatic rings. The Kier molecular flexibility index (Phi) is 6.13. The Morgan fingerprint density at radius 1 is 0.848 bits per heavy atom. The number of carbonyl (C=O) groups excluding carboxylic acids is 2. The monoisotopic (exact) mass is 456 g/mol. The fraction of sp³-hybridized carbons (Fsp3) is 0.192. The highest BCUT2D eigenvalue weighted by Crippen LogP contribution is 2.36. The van der Waals surface area contributed by atoms with Crippen LogP contribution >= 0.6 is 11.8 Å².